The lowest BCUT2D eigenvalue weighted by atomic mass is 10.1. The van der Waals surface area contributed by atoms with Gasteiger partial charge in [0.15, 0.2) is 0 Å². The molecule has 0 saturated carbocycles. The minimum absolute atomic E-state index is 0.310. The van der Waals surface area contributed by atoms with E-state index in [4.69, 9.17) is 4.74 Å². The first-order valence-corrected chi connectivity index (χ1v) is 5.22. The van der Waals surface area contributed by atoms with Crippen molar-refractivity contribution in [1.82, 2.24) is 0 Å². The van der Waals surface area contributed by atoms with E-state index >= 15 is 0 Å². The molecule has 1 unspecified atom stereocenters. The van der Waals surface area contributed by atoms with E-state index in [1.807, 2.05) is 19.1 Å². The summed E-state index contributed by atoms with van der Waals surface area (Å²) in [5, 5.41) is 18.6. The van der Waals surface area contributed by atoms with Crippen LogP contribution in [0.1, 0.15) is 31.9 Å². The SMILES string of the molecule is CCC(O)COc1ccc([C@@H](C)O)cc1. The van der Waals surface area contributed by atoms with E-state index in [9.17, 15) is 10.2 Å². The Hall–Kier alpha value is -1.06. The highest BCUT2D eigenvalue weighted by Gasteiger charge is 2.03. The van der Waals surface area contributed by atoms with E-state index < -0.39 is 12.2 Å². The second-order valence-electron chi connectivity index (χ2n) is 3.62. The Kier molecular flexibility index (Phi) is 4.59. The second-order valence-corrected chi connectivity index (χ2v) is 3.62. The molecule has 0 aliphatic rings. The van der Waals surface area contributed by atoms with Crippen LogP contribution in [-0.4, -0.2) is 22.9 Å². The highest BCUT2D eigenvalue weighted by Crippen LogP contribution is 2.17. The first kappa shape index (κ1) is 12.0. The number of hydrogen-bond donors (Lipinski definition) is 2. The second kappa shape index (κ2) is 5.73. The van der Waals surface area contributed by atoms with Gasteiger partial charge >= 0.3 is 0 Å². The number of aliphatic hydroxyl groups excluding tert-OH is 2. The lowest BCUT2D eigenvalue weighted by molar-refractivity contribution is 0.104. The van der Waals surface area contributed by atoms with E-state index in [1.165, 1.54) is 0 Å². The summed E-state index contributed by atoms with van der Waals surface area (Å²) in [6.45, 7) is 3.94. The molecule has 0 amide bonds. The van der Waals surface area contributed by atoms with Crippen molar-refractivity contribution in [3.63, 3.8) is 0 Å². The third-order valence-corrected chi connectivity index (χ3v) is 2.28. The Morgan fingerprint density at radius 3 is 2.27 bits per heavy atom. The predicted molar refractivity (Wildman–Crippen MR) is 58.9 cm³/mol. The summed E-state index contributed by atoms with van der Waals surface area (Å²) in [4.78, 5) is 0. The summed E-state index contributed by atoms with van der Waals surface area (Å²) in [7, 11) is 0. The van der Waals surface area contributed by atoms with Crippen molar-refractivity contribution in [2.45, 2.75) is 32.5 Å². The molecule has 0 radical (unpaired) electrons. The van der Waals surface area contributed by atoms with Crippen LogP contribution in [0.4, 0.5) is 0 Å². The van der Waals surface area contributed by atoms with Crippen molar-refractivity contribution < 1.29 is 14.9 Å². The molecule has 1 rings (SSSR count). The Labute approximate surface area is 90.3 Å². The van der Waals surface area contributed by atoms with Crippen molar-refractivity contribution >= 4 is 0 Å². The van der Waals surface area contributed by atoms with Crippen molar-refractivity contribution in [2.75, 3.05) is 6.61 Å². The fourth-order valence-corrected chi connectivity index (χ4v) is 1.15. The maximum Gasteiger partial charge on any atom is 0.119 e. The van der Waals surface area contributed by atoms with Crippen LogP contribution >= 0.6 is 0 Å². The summed E-state index contributed by atoms with van der Waals surface area (Å²) in [6, 6.07) is 7.23. The molecule has 0 heterocycles. The molecule has 0 fully saturated rings. The van der Waals surface area contributed by atoms with Gasteiger partial charge in [0.05, 0.1) is 12.2 Å². The molecule has 1 aromatic carbocycles. The average Bonchev–Trinajstić information content (AvgIpc) is 2.26. The minimum atomic E-state index is -0.458. The maximum atomic E-state index is 9.30. The quantitative estimate of drug-likeness (QED) is 0.780. The smallest absolute Gasteiger partial charge is 0.119 e. The lowest BCUT2D eigenvalue weighted by Crippen LogP contribution is -2.15. The number of ether oxygens (including phenoxy) is 1. The molecule has 0 spiro atoms. The first-order valence-electron chi connectivity index (χ1n) is 5.22. The van der Waals surface area contributed by atoms with Crippen LogP contribution in [-0.2, 0) is 0 Å². The van der Waals surface area contributed by atoms with E-state index in [2.05, 4.69) is 0 Å². The number of hydrogen-bond acceptors (Lipinski definition) is 3. The molecule has 0 aromatic heterocycles. The molecule has 84 valence electrons. The predicted octanol–water partition coefficient (Wildman–Crippen LogP) is 1.89. The maximum absolute atomic E-state index is 9.30. The van der Waals surface area contributed by atoms with E-state index in [-0.39, 0.29) is 0 Å². The van der Waals surface area contributed by atoms with E-state index in [1.54, 1.807) is 19.1 Å². The van der Waals surface area contributed by atoms with E-state index in [0.29, 0.717) is 18.8 Å². The molecule has 2 N–H and O–H groups in total. The number of aliphatic hydroxyl groups is 2. The molecule has 3 heteroatoms. The highest BCUT2D eigenvalue weighted by atomic mass is 16.5. The molecular weight excluding hydrogens is 192 g/mol. The Bertz CT molecular complexity index is 279. The van der Waals surface area contributed by atoms with Crippen LogP contribution in [0.15, 0.2) is 24.3 Å². The highest BCUT2D eigenvalue weighted by molar-refractivity contribution is 5.28. The molecule has 0 aliphatic heterocycles. The summed E-state index contributed by atoms with van der Waals surface area (Å²) in [5.41, 5.74) is 0.860. The molecule has 0 saturated heterocycles. The van der Waals surface area contributed by atoms with Gasteiger partial charge in [-0.05, 0) is 31.0 Å². The molecule has 0 aliphatic carbocycles. The van der Waals surface area contributed by atoms with Crippen molar-refractivity contribution in [1.29, 1.82) is 0 Å². The van der Waals surface area contributed by atoms with Crippen LogP contribution in [0.25, 0.3) is 0 Å². The minimum Gasteiger partial charge on any atom is -0.491 e. The van der Waals surface area contributed by atoms with Gasteiger partial charge in [-0.15, -0.1) is 0 Å². The lowest BCUT2D eigenvalue weighted by Gasteiger charge is -2.11. The summed E-state index contributed by atoms with van der Waals surface area (Å²) in [6.07, 6.45) is -0.187. The summed E-state index contributed by atoms with van der Waals surface area (Å²) in [5.74, 6) is 0.715. The summed E-state index contributed by atoms with van der Waals surface area (Å²) < 4.78 is 5.36. The third-order valence-electron chi connectivity index (χ3n) is 2.28. The van der Waals surface area contributed by atoms with Crippen molar-refractivity contribution in [3.05, 3.63) is 29.8 Å². The summed E-state index contributed by atoms with van der Waals surface area (Å²) >= 11 is 0. The van der Waals surface area contributed by atoms with Gasteiger partial charge in [-0.2, -0.15) is 0 Å². The Morgan fingerprint density at radius 2 is 1.80 bits per heavy atom. The molecule has 0 bridgehead atoms. The topological polar surface area (TPSA) is 49.7 Å². The van der Waals surface area contributed by atoms with Gasteiger partial charge in [0.1, 0.15) is 12.4 Å². The zero-order chi connectivity index (χ0) is 11.3. The van der Waals surface area contributed by atoms with Crippen LogP contribution in [0.5, 0.6) is 5.75 Å². The molecular formula is C12H18O3. The van der Waals surface area contributed by atoms with Gasteiger partial charge in [-0.25, -0.2) is 0 Å². The molecule has 15 heavy (non-hydrogen) atoms. The van der Waals surface area contributed by atoms with Gasteiger partial charge < -0.3 is 14.9 Å². The monoisotopic (exact) mass is 210 g/mol. The third kappa shape index (κ3) is 3.90. The van der Waals surface area contributed by atoms with Crippen LogP contribution in [0.3, 0.4) is 0 Å². The van der Waals surface area contributed by atoms with Crippen molar-refractivity contribution in [3.8, 4) is 5.75 Å². The first-order chi connectivity index (χ1) is 7.13. The number of rotatable bonds is 5. The Balaban J connectivity index is 2.50. The largest absolute Gasteiger partial charge is 0.491 e. The average molecular weight is 210 g/mol. The molecule has 2 atom stereocenters. The fourth-order valence-electron chi connectivity index (χ4n) is 1.15. The van der Waals surface area contributed by atoms with Crippen LogP contribution in [0, 0.1) is 0 Å². The zero-order valence-corrected chi connectivity index (χ0v) is 9.18. The molecule has 3 nitrogen and oxygen atoms in total. The van der Waals surface area contributed by atoms with Gasteiger partial charge in [-0.1, -0.05) is 19.1 Å². The van der Waals surface area contributed by atoms with Crippen LogP contribution in [0.2, 0.25) is 0 Å². The normalized spacial score (nSPS) is 14.7. The van der Waals surface area contributed by atoms with Gasteiger partial charge in [0.25, 0.3) is 0 Å². The fraction of sp³-hybridized carbons (Fsp3) is 0.500. The standard InChI is InChI=1S/C12H18O3/c1-3-11(14)8-15-12-6-4-10(5-7-12)9(2)13/h4-7,9,11,13-14H,3,8H2,1-2H3/t9-,11?/m1/s1. The van der Waals surface area contributed by atoms with Crippen LogP contribution < -0.4 is 4.74 Å². The van der Waals surface area contributed by atoms with Crippen molar-refractivity contribution in [2.24, 2.45) is 0 Å². The van der Waals surface area contributed by atoms with E-state index in [0.717, 1.165) is 5.56 Å². The Morgan fingerprint density at radius 1 is 1.20 bits per heavy atom. The number of benzene rings is 1. The van der Waals surface area contributed by atoms with Gasteiger partial charge in [-0.3, -0.25) is 0 Å². The van der Waals surface area contributed by atoms with Gasteiger partial charge in [0, 0.05) is 0 Å². The molecule has 1 aromatic rings. The van der Waals surface area contributed by atoms with Gasteiger partial charge in [0.2, 0.25) is 0 Å². The zero-order valence-electron chi connectivity index (χ0n) is 9.18.